The van der Waals surface area contributed by atoms with Crippen LogP contribution in [0.1, 0.15) is 18.9 Å². The number of benzene rings is 1. The molecule has 4 nitrogen and oxygen atoms in total. The third-order valence-corrected chi connectivity index (χ3v) is 2.32. The van der Waals surface area contributed by atoms with Gasteiger partial charge in [-0.05, 0) is 12.5 Å². The van der Waals surface area contributed by atoms with Crippen molar-refractivity contribution in [3.63, 3.8) is 0 Å². The molecule has 0 aliphatic rings. The zero-order valence-corrected chi connectivity index (χ0v) is 10.1. The van der Waals surface area contributed by atoms with Gasteiger partial charge in [-0.1, -0.05) is 30.3 Å². The van der Waals surface area contributed by atoms with Gasteiger partial charge < -0.3 is 10.1 Å². The quantitative estimate of drug-likeness (QED) is 0.782. The van der Waals surface area contributed by atoms with Crippen LogP contribution < -0.4 is 5.32 Å². The first kappa shape index (κ1) is 13.2. The molecule has 1 atom stereocenters. The van der Waals surface area contributed by atoms with Crippen LogP contribution in [0.15, 0.2) is 30.3 Å². The Morgan fingerprint density at radius 3 is 2.53 bits per heavy atom. The first-order valence-corrected chi connectivity index (χ1v) is 5.52. The molecule has 1 unspecified atom stereocenters. The normalized spacial score (nSPS) is 11.6. The van der Waals surface area contributed by atoms with Crippen molar-refractivity contribution in [2.75, 3.05) is 7.11 Å². The fourth-order valence-corrected chi connectivity index (χ4v) is 1.49. The zero-order valence-electron chi connectivity index (χ0n) is 10.1. The van der Waals surface area contributed by atoms with Crippen molar-refractivity contribution in [2.45, 2.75) is 25.8 Å². The number of amides is 1. The Morgan fingerprint density at radius 2 is 1.94 bits per heavy atom. The summed E-state index contributed by atoms with van der Waals surface area (Å²) < 4.78 is 4.53. The minimum atomic E-state index is -0.322. The molecule has 1 amide bonds. The number of carbonyl (C=O) groups excluding carboxylic acids is 2. The van der Waals surface area contributed by atoms with Gasteiger partial charge in [0.15, 0.2) is 0 Å². The molecular weight excluding hydrogens is 218 g/mol. The van der Waals surface area contributed by atoms with Gasteiger partial charge in [0.25, 0.3) is 0 Å². The summed E-state index contributed by atoms with van der Waals surface area (Å²) in [5, 5.41) is 2.75. The molecule has 0 radical (unpaired) electrons. The Morgan fingerprint density at radius 1 is 1.29 bits per heavy atom. The SMILES string of the molecule is COC(=O)CC(C)NC(=O)Cc1ccccc1. The Labute approximate surface area is 101 Å². The summed E-state index contributed by atoms with van der Waals surface area (Å²) in [6, 6.07) is 9.26. The molecular formula is C13H17NO3. The Bertz CT molecular complexity index is 376. The highest BCUT2D eigenvalue weighted by Gasteiger charge is 2.12. The van der Waals surface area contributed by atoms with Crippen LogP contribution in [0.25, 0.3) is 0 Å². The number of hydrogen-bond acceptors (Lipinski definition) is 3. The molecule has 1 aromatic carbocycles. The molecule has 0 saturated carbocycles. The second-order valence-electron chi connectivity index (χ2n) is 3.91. The van der Waals surface area contributed by atoms with Crippen molar-refractivity contribution in [1.82, 2.24) is 5.32 Å². The molecule has 0 aliphatic carbocycles. The Balaban J connectivity index is 2.37. The fraction of sp³-hybridized carbons (Fsp3) is 0.385. The molecule has 0 spiro atoms. The topological polar surface area (TPSA) is 55.4 Å². The molecule has 4 heteroatoms. The highest BCUT2D eigenvalue weighted by molar-refractivity contribution is 5.79. The number of rotatable bonds is 5. The van der Waals surface area contributed by atoms with Gasteiger partial charge in [-0.15, -0.1) is 0 Å². The van der Waals surface area contributed by atoms with E-state index in [1.54, 1.807) is 6.92 Å². The summed E-state index contributed by atoms with van der Waals surface area (Å²) in [5.41, 5.74) is 0.954. The van der Waals surface area contributed by atoms with E-state index in [0.29, 0.717) is 6.42 Å². The van der Waals surface area contributed by atoms with Crippen LogP contribution in [-0.2, 0) is 20.7 Å². The van der Waals surface area contributed by atoms with Crippen LogP contribution in [0.4, 0.5) is 0 Å². The van der Waals surface area contributed by atoms with Gasteiger partial charge in [0.2, 0.25) is 5.91 Å². The fourth-order valence-electron chi connectivity index (χ4n) is 1.49. The van der Waals surface area contributed by atoms with E-state index in [4.69, 9.17) is 0 Å². The van der Waals surface area contributed by atoms with Crippen molar-refractivity contribution < 1.29 is 14.3 Å². The minimum Gasteiger partial charge on any atom is -0.469 e. The first-order valence-electron chi connectivity index (χ1n) is 5.52. The number of methoxy groups -OCH3 is 1. The maximum Gasteiger partial charge on any atom is 0.307 e. The molecule has 0 aromatic heterocycles. The van der Waals surface area contributed by atoms with E-state index in [2.05, 4.69) is 10.1 Å². The molecule has 1 rings (SSSR count). The number of ether oxygens (including phenoxy) is 1. The lowest BCUT2D eigenvalue weighted by Gasteiger charge is -2.12. The molecule has 1 aromatic rings. The van der Waals surface area contributed by atoms with E-state index in [1.807, 2.05) is 30.3 Å². The van der Waals surface area contributed by atoms with Gasteiger partial charge in [0.1, 0.15) is 0 Å². The first-order chi connectivity index (χ1) is 8.11. The molecule has 0 heterocycles. The van der Waals surface area contributed by atoms with Gasteiger partial charge in [-0.3, -0.25) is 9.59 Å². The lowest BCUT2D eigenvalue weighted by molar-refractivity contribution is -0.141. The number of esters is 1. The number of carbonyl (C=O) groups is 2. The largest absolute Gasteiger partial charge is 0.469 e. The number of hydrogen-bond donors (Lipinski definition) is 1. The van der Waals surface area contributed by atoms with Crippen molar-refractivity contribution in [3.05, 3.63) is 35.9 Å². The molecule has 92 valence electrons. The summed E-state index contributed by atoms with van der Waals surface area (Å²) in [5.74, 6) is -0.412. The smallest absolute Gasteiger partial charge is 0.307 e. The van der Waals surface area contributed by atoms with Crippen LogP contribution in [0, 0.1) is 0 Å². The van der Waals surface area contributed by atoms with E-state index < -0.39 is 0 Å². The summed E-state index contributed by atoms with van der Waals surface area (Å²) in [4.78, 5) is 22.6. The highest BCUT2D eigenvalue weighted by atomic mass is 16.5. The Kier molecular flexibility index (Phi) is 5.20. The average molecular weight is 235 g/mol. The van der Waals surface area contributed by atoms with Gasteiger partial charge in [0, 0.05) is 6.04 Å². The van der Waals surface area contributed by atoms with Crippen molar-refractivity contribution in [3.8, 4) is 0 Å². The van der Waals surface area contributed by atoms with Crippen LogP contribution in [-0.4, -0.2) is 25.0 Å². The predicted octanol–water partition coefficient (Wildman–Crippen LogP) is 1.30. The van der Waals surface area contributed by atoms with Crippen LogP contribution >= 0.6 is 0 Å². The molecule has 0 saturated heterocycles. The lowest BCUT2D eigenvalue weighted by Crippen LogP contribution is -2.35. The van der Waals surface area contributed by atoms with Gasteiger partial charge in [-0.25, -0.2) is 0 Å². The summed E-state index contributed by atoms with van der Waals surface area (Å²) in [7, 11) is 1.33. The van der Waals surface area contributed by atoms with Gasteiger partial charge in [-0.2, -0.15) is 0 Å². The lowest BCUT2D eigenvalue weighted by atomic mass is 10.1. The summed E-state index contributed by atoms with van der Waals surface area (Å²) in [6.45, 7) is 1.78. The maximum absolute atomic E-state index is 11.6. The van der Waals surface area contributed by atoms with E-state index in [0.717, 1.165) is 5.56 Å². The predicted molar refractivity (Wildman–Crippen MR) is 64.4 cm³/mol. The third kappa shape index (κ3) is 5.15. The molecule has 0 aliphatic heterocycles. The second-order valence-corrected chi connectivity index (χ2v) is 3.91. The van der Waals surface area contributed by atoms with E-state index >= 15 is 0 Å². The third-order valence-electron chi connectivity index (χ3n) is 2.32. The van der Waals surface area contributed by atoms with E-state index in [9.17, 15) is 9.59 Å². The Hall–Kier alpha value is -1.84. The molecule has 0 fully saturated rings. The van der Waals surface area contributed by atoms with E-state index in [-0.39, 0.29) is 24.3 Å². The molecule has 17 heavy (non-hydrogen) atoms. The van der Waals surface area contributed by atoms with Crippen molar-refractivity contribution in [1.29, 1.82) is 0 Å². The maximum atomic E-state index is 11.6. The van der Waals surface area contributed by atoms with Crippen LogP contribution in [0.2, 0.25) is 0 Å². The van der Waals surface area contributed by atoms with Crippen LogP contribution in [0.5, 0.6) is 0 Å². The standard InChI is InChI=1S/C13H17NO3/c1-10(8-13(16)17-2)14-12(15)9-11-6-4-3-5-7-11/h3-7,10H,8-9H2,1-2H3,(H,14,15). The summed E-state index contributed by atoms with van der Waals surface area (Å²) >= 11 is 0. The monoisotopic (exact) mass is 235 g/mol. The van der Waals surface area contributed by atoms with Gasteiger partial charge >= 0.3 is 5.97 Å². The minimum absolute atomic E-state index is 0.0902. The molecule has 1 N–H and O–H groups in total. The molecule has 0 bridgehead atoms. The second kappa shape index (κ2) is 6.68. The zero-order chi connectivity index (χ0) is 12.7. The van der Waals surface area contributed by atoms with Crippen molar-refractivity contribution in [2.24, 2.45) is 0 Å². The average Bonchev–Trinajstić information content (AvgIpc) is 2.29. The number of nitrogens with one attached hydrogen (secondary N) is 1. The van der Waals surface area contributed by atoms with Crippen molar-refractivity contribution >= 4 is 11.9 Å². The van der Waals surface area contributed by atoms with Gasteiger partial charge in [0.05, 0.1) is 20.0 Å². The van der Waals surface area contributed by atoms with E-state index in [1.165, 1.54) is 7.11 Å². The van der Waals surface area contributed by atoms with Crippen LogP contribution in [0.3, 0.4) is 0 Å². The summed E-state index contributed by atoms with van der Waals surface area (Å²) in [6.07, 6.45) is 0.517. The highest BCUT2D eigenvalue weighted by Crippen LogP contribution is 2.00.